The maximum Gasteiger partial charge on any atom is 2.00 e. The van der Waals surface area contributed by atoms with Crippen molar-refractivity contribution in [2.24, 2.45) is 0 Å². The predicted molar refractivity (Wildman–Crippen MR) is 28.8 cm³/mol. The van der Waals surface area contributed by atoms with Crippen LogP contribution in [0.25, 0.3) is 0 Å². The van der Waals surface area contributed by atoms with E-state index in [-0.39, 0.29) is 110 Å². The minimum Gasteiger partial charge on any atom is -0.907 e. The molecular weight excluding hydrogens is 319 g/mol. The van der Waals surface area contributed by atoms with Gasteiger partial charge in [0, 0.05) is 0 Å². The molecule has 48 valence electrons. The topological polar surface area (TPSA) is 138 Å². The van der Waals surface area contributed by atoms with E-state index in [1.54, 1.807) is 0 Å². The zero-order valence-electron chi connectivity index (χ0n) is 5.73. The average molecular weight is 319 g/mol. The van der Waals surface area contributed by atoms with Crippen molar-refractivity contribution in [2.45, 2.75) is 0 Å². The van der Waals surface area contributed by atoms with Crippen LogP contribution in [-0.2, 0) is 0 Å². The van der Waals surface area contributed by atoms with Crippen molar-refractivity contribution in [1.82, 2.24) is 0 Å². The van der Waals surface area contributed by atoms with Gasteiger partial charge in [-0.1, -0.05) is 0 Å². The summed E-state index contributed by atoms with van der Waals surface area (Å²) in [6, 6.07) is 0. The van der Waals surface area contributed by atoms with Gasteiger partial charge in [0.25, 0.3) is 0 Å². The second-order valence-corrected chi connectivity index (χ2v) is 0.577. The van der Waals surface area contributed by atoms with E-state index in [0.717, 1.165) is 0 Å². The Balaban J connectivity index is -0.0000000171. The SMILES string of the molecule is [Ba+2].[Ca+2].[Mg+2].[O-]B([O-])[O-].[O-]B([O-])[O-]. The van der Waals surface area contributed by atoms with Gasteiger partial charge in [-0.3, -0.25) is 14.6 Å². The molecule has 0 aromatic rings. The molecule has 0 aromatic carbocycles. The first-order valence-electron chi connectivity index (χ1n) is 1.41. The summed E-state index contributed by atoms with van der Waals surface area (Å²) in [5, 5.41) is 50.5. The summed E-state index contributed by atoms with van der Waals surface area (Å²) < 4.78 is 0. The van der Waals surface area contributed by atoms with Crippen LogP contribution in [0.3, 0.4) is 0 Å². The van der Waals surface area contributed by atoms with Gasteiger partial charge in [-0.15, -0.1) is 0 Å². The maximum atomic E-state index is 8.42. The first-order chi connectivity index (χ1) is 3.46. The van der Waals surface area contributed by atoms with Gasteiger partial charge in [0.15, 0.2) is 0 Å². The fourth-order valence-electron chi connectivity index (χ4n) is 0. The molecule has 0 saturated heterocycles. The van der Waals surface area contributed by atoms with E-state index in [0.29, 0.717) is 0 Å². The fourth-order valence-corrected chi connectivity index (χ4v) is 0. The summed E-state index contributed by atoms with van der Waals surface area (Å²) in [6.45, 7) is 0. The molecule has 0 aliphatic heterocycles. The summed E-state index contributed by atoms with van der Waals surface area (Å²) >= 11 is 0. The van der Waals surface area contributed by atoms with Gasteiger partial charge in [0.1, 0.15) is 0 Å². The summed E-state index contributed by atoms with van der Waals surface area (Å²) in [4.78, 5) is 0. The van der Waals surface area contributed by atoms with Gasteiger partial charge in [-0.2, -0.15) is 0 Å². The number of hydrogen-bond donors (Lipinski definition) is 0. The van der Waals surface area contributed by atoms with Crippen LogP contribution in [0.4, 0.5) is 0 Å². The molecule has 11 heteroatoms. The standard InChI is InChI=1S/2BO3.Ba.Ca.Mg/c2*2-1(3)4;;;/q2*-3;3*+2. The summed E-state index contributed by atoms with van der Waals surface area (Å²) in [6.07, 6.45) is 0. The summed E-state index contributed by atoms with van der Waals surface area (Å²) in [5.41, 5.74) is 0. The third-order valence-electron chi connectivity index (χ3n) is 0. The largest absolute Gasteiger partial charge is 2.00 e. The van der Waals surface area contributed by atoms with Crippen LogP contribution in [0.15, 0.2) is 0 Å². The van der Waals surface area contributed by atoms with E-state index in [4.69, 9.17) is 30.1 Å². The Labute approximate surface area is 151 Å². The van der Waals surface area contributed by atoms with Gasteiger partial charge >= 0.3 is 110 Å². The van der Waals surface area contributed by atoms with E-state index in [9.17, 15) is 0 Å². The molecule has 0 atom stereocenters. The Bertz CT molecular complexity index is 36.1. The Morgan fingerprint density at radius 2 is 0.636 bits per heavy atom. The van der Waals surface area contributed by atoms with Gasteiger partial charge in [0.2, 0.25) is 0 Å². The van der Waals surface area contributed by atoms with Crippen LogP contribution in [0.2, 0.25) is 0 Å². The molecule has 0 unspecified atom stereocenters. The molecule has 0 spiro atoms. The third kappa shape index (κ3) is 146. The van der Waals surface area contributed by atoms with E-state index >= 15 is 0 Å². The van der Waals surface area contributed by atoms with Crippen molar-refractivity contribution in [2.75, 3.05) is 0 Å². The fraction of sp³-hybridized carbons (Fsp3) is 0. The molecular formula is B2BaCaMgO6. The van der Waals surface area contributed by atoms with Crippen molar-refractivity contribution >= 4 is 124 Å². The summed E-state index contributed by atoms with van der Waals surface area (Å²) in [7, 11) is -5.83. The molecule has 0 bridgehead atoms. The van der Waals surface area contributed by atoms with Gasteiger partial charge < -0.3 is 30.1 Å². The van der Waals surface area contributed by atoms with Crippen molar-refractivity contribution < 1.29 is 30.1 Å². The van der Waals surface area contributed by atoms with E-state index in [1.807, 2.05) is 0 Å². The minimum absolute atomic E-state index is 0. The molecule has 0 amide bonds. The Morgan fingerprint density at radius 3 is 0.636 bits per heavy atom. The van der Waals surface area contributed by atoms with Crippen LogP contribution < -0.4 is 30.1 Å². The normalized spacial score (nSPS) is 4.91. The van der Waals surface area contributed by atoms with Crippen LogP contribution in [0, 0.1) is 0 Å². The molecule has 0 fully saturated rings. The molecule has 0 N–H and O–H groups in total. The summed E-state index contributed by atoms with van der Waals surface area (Å²) in [5.74, 6) is 0. The van der Waals surface area contributed by atoms with Crippen molar-refractivity contribution in [3.63, 3.8) is 0 Å². The second kappa shape index (κ2) is 23.4. The molecule has 6 nitrogen and oxygen atoms in total. The van der Waals surface area contributed by atoms with E-state index in [1.165, 1.54) is 0 Å². The second-order valence-electron chi connectivity index (χ2n) is 0.577. The zero-order valence-corrected chi connectivity index (χ0v) is 13.8. The molecule has 0 aromatic heterocycles. The first-order valence-corrected chi connectivity index (χ1v) is 1.41. The number of hydrogen-bond acceptors (Lipinski definition) is 6. The van der Waals surface area contributed by atoms with Crippen LogP contribution in [-0.4, -0.2) is 124 Å². The first kappa shape index (κ1) is 29.3. The minimum atomic E-state index is -2.92. The Kier molecular flexibility index (Phi) is 62.2. The molecule has 0 rings (SSSR count). The predicted octanol–water partition coefficient (Wildman–Crippen LogP) is -9.04. The Morgan fingerprint density at radius 1 is 0.636 bits per heavy atom. The Hall–Kier alpha value is 3.49. The molecule has 0 radical (unpaired) electrons. The van der Waals surface area contributed by atoms with Crippen molar-refractivity contribution in [1.29, 1.82) is 0 Å². The molecule has 0 saturated carbocycles. The zero-order chi connectivity index (χ0) is 7.15. The van der Waals surface area contributed by atoms with Gasteiger partial charge in [-0.05, 0) is 0 Å². The van der Waals surface area contributed by atoms with Crippen molar-refractivity contribution in [3.05, 3.63) is 0 Å². The smallest absolute Gasteiger partial charge is 0.907 e. The monoisotopic (exact) mass is 320 g/mol. The van der Waals surface area contributed by atoms with Crippen molar-refractivity contribution in [3.8, 4) is 0 Å². The van der Waals surface area contributed by atoms with Crippen LogP contribution in [0.1, 0.15) is 0 Å². The van der Waals surface area contributed by atoms with Gasteiger partial charge in [-0.25, -0.2) is 0 Å². The van der Waals surface area contributed by atoms with E-state index in [2.05, 4.69) is 0 Å². The molecule has 0 aliphatic carbocycles. The average Bonchev–Trinajstić information content (AvgIpc) is 1.25. The van der Waals surface area contributed by atoms with Crippen LogP contribution in [0.5, 0.6) is 0 Å². The van der Waals surface area contributed by atoms with E-state index < -0.39 is 14.6 Å². The quantitative estimate of drug-likeness (QED) is 0.406. The number of rotatable bonds is 0. The third-order valence-corrected chi connectivity index (χ3v) is 0. The van der Waals surface area contributed by atoms with Gasteiger partial charge in [0.05, 0.1) is 0 Å². The van der Waals surface area contributed by atoms with Crippen LogP contribution >= 0.6 is 0 Å². The molecule has 0 heterocycles. The molecule has 11 heavy (non-hydrogen) atoms. The molecule has 0 aliphatic rings. The maximum absolute atomic E-state index is 8.42.